The van der Waals surface area contributed by atoms with Crippen LogP contribution in [0.5, 0.6) is 5.88 Å². The summed E-state index contributed by atoms with van der Waals surface area (Å²) in [5, 5.41) is 7.14. The van der Waals surface area contributed by atoms with Crippen LogP contribution in [0.2, 0.25) is 0 Å². The van der Waals surface area contributed by atoms with E-state index in [1.54, 1.807) is 0 Å². The van der Waals surface area contributed by atoms with Crippen molar-refractivity contribution in [3.8, 4) is 5.88 Å². The molecule has 1 fully saturated rings. The van der Waals surface area contributed by atoms with Crippen LogP contribution in [0.25, 0.3) is 0 Å². The van der Waals surface area contributed by atoms with Crippen molar-refractivity contribution in [1.82, 2.24) is 9.97 Å². The van der Waals surface area contributed by atoms with Gasteiger partial charge in [0.05, 0.1) is 25.6 Å². The van der Waals surface area contributed by atoms with Gasteiger partial charge in [0, 0.05) is 6.42 Å². The fourth-order valence-electron chi connectivity index (χ4n) is 1.29. The van der Waals surface area contributed by atoms with Crippen LogP contribution in [-0.2, 0) is 4.74 Å². The van der Waals surface area contributed by atoms with Crippen LogP contribution in [0.15, 0.2) is 12.4 Å². The topological polar surface area (TPSA) is 94.1 Å². The van der Waals surface area contributed by atoms with Gasteiger partial charge in [-0.05, 0) is 0 Å². The highest BCUT2D eigenvalue weighted by Crippen LogP contribution is 2.12. The summed E-state index contributed by atoms with van der Waals surface area (Å²) in [4.78, 5) is 7.94. The van der Waals surface area contributed by atoms with Crippen LogP contribution in [0.4, 0.5) is 0 Å². The Hall–Kier alpha value is -1.69. The first kappa shape index (κ1) is 9.85. The molecule has 2 heterocycles. The number of hydrogen-bond acceptors (Lipinski definition) is 5. The van der Waals surface area contributed by atoms with Gasteiger partial charge >= 0.3 is 0 Å². The number of amidine groups is 1. The summed E-state index contributed by atoms with van der Waals surface area (Å²) in [6, 6.07) is 0. The standard InChI is InChI=1S/C9H12N4O2/c10-9(11)7-3-13-8(4-12-7)15-6-1-2-14-5-6/h3-4,6H,1-2,5H2,(H3,10,11). The third-order valence-electron chi connectivity index (χ3n) is 2.08. The Morgan fingerprint density at radius 1 is 1.53 bits per heavy atom. The maximum atomic E-state index is 7.14. The average Bonchev–Trinajstić information content (AvgIpc) is 2.71. The highest BCUT2D eigenvalue weighted by Gasteiger charge is 2.17. The SMILES string of the molecule is N=C(N)c1cnc(OC2CCOC2)cn1. The van der Waals surface area contributed by atoms with Gasteiger partial charge in [-0.1, -0.05) is 0 Å². The molecule has 1 saturated heterocycles. The van der Waals surface area contributed by atoms with Crippen molar-refractivity contribution in [2.24, 2.45) is 5.73 Å². The molecule has 15 heavy (non-hydrogen) atoms. The summed E-state index contributed by atoms with van der Waals surface area (Å²) in [5.41, 5.74) is 5.60. The highest BCUT2D eigenvalue weighted by molar-refractivity contribution is 5.92. The normalized spacial score (nSPS) is 20.1. The van der Waals surface area contributed by atoms with E-state index in [9.17, 15) is 0 Å². The Balaban J connectivity index is 2.00. The number of hydrogen-bond donors (Lipinski definition) is 2. The van der Waals surface area contributed by atoms with Gasteiger partial charge in [-0.2, -0.15) is 0 Å². The van der Waals surface area contributed by atoms with Gasteiger partial charge in [-0.25, -0.2) is 9.97 Å². The molecule has 1 atom stereocenters. The van der Waals surface area contributed by atoms with Crippen LogP contribution in [0, 0.1) is 5.41 Å². The molecule has 2 rings (SSSR count). The molecule has 1 aromatic heterocycles. The van der Waals surface area contributed by atoms with Gasteiger partial charge in [0.15, 0.2) is 0 Å². The summed E-state index contributed by atoms with van der Waals surface area (Å²) in [7, 11) is 0. The second-order valence-electron chi connectivity index (χ2n) is 3.26. The predicted molar refractivity (Wildman–Crippen MR) is 52.9 cm³/mol. The lowest BCUT2D eigenvalue weighted by Crippen LogP contribution is -2.18. The Morgan fingerprint density at radius 2 is 2.40 bits per heavy atom. The molecule has 1 unspecified atom stereocenters. The van der Waals surface area contributed by atoms with Crippen molar-refractivity contribution < 1.29 is 9.47 Å². The van der Waals surface area contributed by atoms with E-state index in [4.69, 9.17) is 20.6 Å². The maximum absolute atomic E-state index is 7.14. The van der Waals surface area contributed by atoms with E-state index in [1.807, 2.05) is 0 Å². The number of rotatable bonds is 3. The number of nitrogens with two attached hydrogens (primary N) is 1. The lowest BCUT2D eigenvalue weighted by molar-refractivity contribution is 0.137. The molecule has 0 aromatic carbocycles. The van der Waals surface area contributed by atoms with Gasteiger partial charge < -0.3 is 15.2 Å². The van der Waals surface area contributed by atoms with Gasteiger partial charge in [-0.15, -0.1) is 0 Å². The first-order valence-electron chi connectivity index (χ1n) is 4.66. The van der Waals surface area contributed by atoms with E-state index in [2.05, 4.69) is 9.97 Å². The van der Waals surface area contributed by atoms with Crippen LogP contribution in [0.3, 0.4) is 0 Å². The molecule has 1 aliphatic heterocycles. The molecule has 0 radical (unpaired) electrons. The van der Waals surface area contributed by atoms with Gasteiger partial charge in [-0.3, -0.25) is 5.41 Å². The first-order chi connectivity index (χ1) is 7.25. The number of nitrogen functional groups attached to an aromatic ring is 1. The lowest BCUT2D eigenvalue weighted by atomic mass is 10.3. The van der Waals surface area contributed by atoms with Gasteiger partial charge in [0.1, 0.15) is 17.6 Å². The smallest absolute Gasteiger partial charge is 0.232 e. The Morgan fingerprint density at radius 3 is 2.93 bits per heavy atom. The Labute approximate surface area is 86.9 Å². The van der Waals surface area contributed by atoms with Crippen molar-refractivity contribution >= 4 is 5.84 Å². The average molecular weight is 208 g/mol. The van der Waals surface area contributed by atoms with Crippen LogP contribution in [-0.4, -0.2) is 35.1 Å². The Bertz CT molecular complexity index is 346. The number of nitrogens with one attached hydrogen (secondary N) is 1. The molecule has 0 bridgehead atoms. The highest BCUT2D eigenvalue weighted by atomic mass is 16.5. The molecular formula is C9H12N4O2. The van der Waals surface area contributed by atoms with E-state index in [-0.39, 0.29) is 11.9 Å². The molecule has 0 aliphatic carbocycles. The van der Waals surface area contributed by atoms with Crippen molar-refractivity contribution in [2.45, 2.75) is 12.5 Å². The number of nitrogens with zero attached hydrogens (tertiary/aromatic N) is 2. The third kappa shape index (κ3) is 2.41. The molecule has 0 spiro atoms. The van der Waals surface area contributed by atoms with Gasteiger partial charge in [0.25, 0.3) is 0 Å². The molecule has 1 aromatic rings. The second kappa shape index (κ2) is 4.22. The van der Waals surface area contributed by atoms with E-state index >= 15 is 0 Å². The second-order valence-corrected chi connectivity index (χ2v) is 3.26. The summed E-state index contributed by atoms with van der Waals surface area (Å²) >= 11 is 0. The minimum Gasteiger partial charge on any atom is -0.471 e. The number of aromatic nitrogens is 2. The third-order valence-corrected chi connectivity index (χ3v) is 2.08. The predicted octanol–water partition coefficient (Wildman–Crippen LogP) is -0.0716. The molecule has 6 heteroatoms. The zero-order valence-corrected chi connectivity index (χ0v) is 8.14. The van der Waals surface area contributed by atoms with E-state index in [1.165, 1.54) is 12.4 Å². The molecule has 3 N–H and O–H groups in total. The molecule has 80 valence electrons. The zero-order chi connectivity index (χ0) is 10.7. The van der Waals surface area contributed by atoms with Crippen LogP contribution < -0.4 is 10.5 Å². The maximum Gasteiger partial charge on any atom is 0.232 e. The summed E-state index contributed by atoms with van der Waals surface area (Å²) in [6.07, 6.45) is 3.82. The number of ether oxygens (including phenoxy) is 2. The monoisotopic (exact) mass is 208 g/mol. The van der Waals surface area contributed by atoms with Gasteiger partial charge in [0.2, 0.25) is 5.88 Å². The fraction of sp³-hybridized carbons (Fsp3) is 0.444. The van der Waals surface area contributed by atoms with Crippen molar-refractivity contribution in [3.63, 3.8) is 0 Å². The summed E-state index contributed by atoms with van der Waals surface area (Å²) in [5.74, 6) is 0.341. The zero-order valence-electron chi connectivity index (χ0n) is 8.14. The molecule has 0 saturated carbocycles. The largest absolute Gasteiger partial charge is 0.471 e. The molecule has 1 aliphatic rings. The van der Waals surface area contributed by atoms with E-state index in [0.29, 0.717) is 18.2 Å². The van der Waals surface area contributed by atoms with Crippen LogP contribution in [0.1, 0.15) is 12.1 Å². The minimum absolute atomic E-state index is 0.0579. The Kier molecular flexibility index (Phi) is 2.77. The lowest BCUT2D eigenvalue weighted by Gasteiger charge is -2.09. The fourth-order valence-corrected chi connectivity index (χ4v) is 1.29. The van der Waals surface area contributed by atoms with E-state index in [0.717, 1.165) is 13.0 Å². The summed E-state index contributed by atoms with van der Waals surface area (Å²) in [6.45, 7) is 1.32. The minimum atomic E-state index is -0.0988. The van der Waals surface area contributed by atoms with Crippen molar-refractivity contribution in [2.75, 3.05) is 13.2 Å². The quantitative estimate of drug-likeness (QED) is 0.535. The molecular weight excluding hydrogens is 196 g/mol. The van der Waals surface area contributed by atoms with Crippen LogP contribution >= 0.6 is 0 Å². The molecule has 6 nitrogen and oxygen atoms in total. The summed E-state index contributed by atoms with van der Waals surface area (Å²) < 4.78 is 10.7. The van der Waals surface area contributed by atoms with E-state index < -0.39 is 0 Å². The molecule has 0 amide bonds. The first-order valence-corrected chi connectivity index (χ1v) is 4.66. The van der Waals surface area contributed by atoms with Crippen molar-refractivity contribution in [1.29, 1.82) is 5.41 Å². The van der Waals surface area contributed by atoms with Crippen molar-refractivity contribution in [3.05, 3.63) is 18.1 Å².